The van der Waals surface area contributed by atoms with Gasteiger partial charge in [0.15, 0.2) is 0 Å². The maximum Gasteiger partial charge on any atom is 0.429 e. The summed E-state index contributed by atoms with van der Waals surface area (Å²) < 4.78 is 52.0. The zero-order valence-corrected chi connectivity index (χ0v) is 26.6. The molecule has 0 radical (unpaired) electrons. The summed E-state index contributed by atoms with van der Waals surface area (Å²) >= 11 is 6.05. The highest BCUT2D eigenvalue weighted by atomic mass is 35.5. The Balaban J connectivity index is 1.32. The van der Waals surface area contributed by atoms with Crippen molar-refractivity contribution in [2.75, 3.05) is 23.7 Å². The zero-order chi connectivity index (χ0) is 33.5. The number of aromatic nitrogens is 4. The number of aliphatic carboxylic acids is 1. The van der Waals surface area contributed by atoms with E-state index in [1.165, 1.54) is 16.8 Å². The molecule has 14 heteroatoms. The lowest BCUT2D eigenvalue weighted by Crippen LogP contribution is -2.46. The van der Waals surface area contributed by atoms with E-state index in [1.807, 2.05) is 11.8 Å². The monoisotopic (exact) mass is 669 g/mol. The molecule has 0 aliphatic carbocycles. The van der Waals surface area contributed by atoms with Crippen molar-refractivity contribution in [3.8, 4) is 22.7 Å². The maximum absolute atomic E-state index is 15.0. The molecule has 4 heterocycles. The van der Waals surface area contributed by atoms with Gasteiger partial charge in [-0.25, -0.2) is 4.68 Å². The average molecular weight is 670 g/mol. The second-order valence-electron chi connectivity index (χ2n) is 12.2. The van der Waals surface area contributed by atoms with Crippen molar-refractivity contribution >= 4 is 29.3 Å². The van der Waals surface area contributed by atoms with Gasteiger partial charge < -0.3 is 25.8 Å². The lowest BCUT2D eigenvalue weighted by molar-refractivity contribution is -0.198. The zero-order valence-electron chi connectivity index (χ0n) is 25.8. The number of benzene rings is 2. The van der Waals surface area contributed by atoms with Crippen molar-refractivity contribution in [2.45, 2.75) is 63.9 Å². The number of rotatable bonds is 8. The van der Waals surface area contributed by atoms with E-state index < -0.39 is 24.3 Å². The first-order chi connectivity index (χ1) is 22.3. The van der Waals surface area contributed by atoms with Crippen LogP contribution < -0.4 is 20.7 Å². The van der Waals surface area contributed by atoms with Gasteiger partial charge in [0, 0.05) is 42.0 Å². The number of halogens is 4. The van der Waals surface area contributed by atoms with Crippen LogP contribution in [0.15, 0.2) is 60.8 Å². The maximum atomic E-state index is 15.0. The van der Waals surface area contributed by atoms with Gasteiger partial charge in [0.05, 0.1) is 11.4 Å². The van der Waals surface area contributed by atoms with Crippen LogP contribution in [0.2, 0.25) is 5.02 Å². The van der Waals surface area contributed by atoms with E-state index in [2.05, 4.69) is 20.4 Å². The van der Waals surface area contributed by atoms with E-state index in [-0.39, 0.29) is 34.5 Å². The molecule has 2 fully saturated rings. The van der Waals surface area contributed by atoms with Gasteiger partial charge in [-0.2, -0.15) is 28.2 Å². The number of alkyl halides is 3. The molecule has 248 valence electrons. The van der Waals surface area contributed by atoms with Crippen LogP contribution in [0.3, 0.4) is 0 Å². The van der Waals surface area contributed by atoms with Gasteiger partial charge in [0.2, 0.25) is 17.9 Å². The van der Waals surface area contributed by atoms with Gasteiger partial charge in [-0.15, -0.1) is 0 Å². The summed E-state index contributed by atoms with van der Waals surface area (Å²) in [5.74, 6) is -1.07. The second-order valence-corrected chi connectivity index (χ2v) is 12.7. The molecule has 0 bridgehead atoms. The molecule has 2 aromatic carbocycles. The number of carbonyl (C=O) groups is 1. The first-order valence-corrected chi connectivity index (χ1v) is 15.8. The predicted molar refractivity (Wildman–Crippen MR) is 172 cm³/mol. The van der Waals surface area contributed by atoms with Crippen molar-refractivity contribution in [1.82, 2.24) is 25.1 Å². The van der Waals surface area contributed by atoms with Crippen LogP contribution in [-0.4, -0.2) is 62.2 Å². The molecular weight excluding hydrogens is 635 g/mol. The third kappa shape index (κ3) is 6.72. The average Bonchev–Trinajstić information content (AvgIpc) is 3.63. The minimum absolute atomic E-state index is 0.0593. The van der Waals surface area contributed by atoms with E-state index in [4.69, 9.17) is 22.1 Å². The summed E-state index contributed by atoms with van der Waals surface area (Å²) in [5.41, 5.74) is 7.70. The summed E-state index contributed by atoms with van der Waals surface area (Å²) in [6.07, 6.45) is -2.98. The van der Waals surface area contributed by atoms with Crippen molar-refractivity contribution < 1.29 is 27.8 Å². The molecule has 10 nitrogen and oxygen atoms in total. The fourth-order valence-corrected chi connectivity index (χ4v) is 7.02. The summed E-state index contributed by atoms with van der Waals surface area (Å²) in [7, 11) is 0. The van der Waals surface area contributed by atoms with Gasteiger partial charge >= 0.3 is 12.1 Å². The minimum atomic E-state index is -4.85. The third-order valence-corrected chi connectivity index (χ3v) is 9.49. The Morgan fingerprint density at radius 2 is 1.83 bits per heavy atom. The number of carboxylic acids is 1. The Bertz CT molecular complexity index is 1760. The third-order valence-electron chi connectivity index (χ3n) is 9.24. The number of nitrogens with one attached hydrogen (secondary N) is 1. The lowest BCUT2D eigenvalue weighted by atomic mass is 9.71. The Morgan fingerprint density at radius 3 is 2.45 bits per heavy atom. The molecule has 3 atom stereocenters. The number of ether oxygens (including phenoxy) is 1. The summed E-state index contributed by atoms with van der Waals surface area (Å²) in [6.45, 7) is 4.83. The highest BCUT2D eigenvalue weighted by Gasteiger charge is 2.50. The number of nitrogens with zero attached hydrogens (tertiary/aromatic N) is 5. The first kappa shape index (κ1) is 32.6. The van der Waals surface area contributed by atoms with Crippen molar-refractivity contribution in [3.05, 3.63) is 77.1 Å². The molecule has 2 aliphatic rings. The lowest BCUT2D eigenvalue weighted by Gasteiger charge is -2.43. The molecule has 2 aliphatic heterocycles. The fraction of sp³-hybridized carbons (Fsp3) is 0.394. The molecule has 2 aromatic heterocycles. The van der Waals surface area contributed by atoms with Crippen molar-refractivity contribution in [3.63, 3.8) is 0 Å². The molecule has 2 saturated heterocycles. The van der Waals surface area contributed by atoms with Crippen LogP contribution in [0.25, 0.3) is 16.8 Å². The molecule has 0 saturated carbocycles. The van der Waals surface area contributed by atoms with Gasteiger partial charge in [-0.3, -0.25) is 4.79 Å². The van der Waals surface area contributed by atoms with Crippen LogP contribution in [0.4, 0.5) is 24.9 Å². The molecule has 47 heavy (non-hydrogen) atoms. The van der Waals surface area contributed by atoms with Crippen LogP contribution >= 0.6 is 11.6 Å². The van der Waals surface area contributed by atoms with Crippen LogP contribution in [0.1, 0.15) is 50.0 Å². The van der Waals surface area contributed by atoms with E-state index in [0.29, 0.717) is 60.0 Å². The Morgan fingerprint density at radius 1 is 1.13 bits per heavy atom. The highest BCUT2D eigenvalue weighted by Crippen LogP contribution is 2.46. The predicted octanol–water partition coefficient (Wildman–Crippen LogP) is 6.37. The fourth-order valence-electron chi connectivity index (χ4n) is 6.89. The molecule has 4 aromatic rings. The van der Waals surface area contributed by atoms with Crippen LogP contribution in [0.5, 0.6) is 5.88 Å². The molecule has 2 unspecified atom stereocenters. The van der Waals surface area contributed by atoms with E-state index in [0.717, 1.165) is 6.42 Å². The van der Waals surface area contributed by atoms with Gasteiger partial charge in [-0.1, -0.05) is 36.7 Å². The Labute approximate surface area is 274 Å². The van der Waals surface area contributed by atoms with E-state index in [1.54, 1.807) is 55.6 Å². The van der Waals surface area contributed by atoms with Crippen LogP contribution in [0, 0.1) is 12.3 Å². The first-order valence-electron chi connectivity index (χ1n) is 15.4. The topological polar surface area (TPSA) is 131 Å². The minimum Gasteiger partial charge on any atom is -0.480 e. The summed E-state index contributed by atoms with van der Waals surface area (Å²) in [4.78, 5) is 22.0. The number of carboxylic acid groups (broad SMARTS) is 1. The number of nitrogens with two attached hydrogens (primary N) is 1. The number of anilines is 2. The number of hydrogen-bond acceptors (Lipinski definition) is 8. The number of aryl methyl sites for hydroxylation is 1. The summed E-state index contributed by atoms with van der Waals surface area (Å²) in [5, 5.41) is 17.7. The van der Waals surface area contributed by atoms with E-state index >= 15 is 0 Å². The SMILES string of the molecule is CCC1NC(C(=O)O)CC12CCN(c1cc(O[C@H](c3cc(-c4ccc(Cl)cc4)ccc3-n3ccc(C)n3)C(F)(F)F)nc(N)n1)CC2. The van der Waals surface area contributed by atoms with Crippen molar-refractivity contribution in [1.29, 1.82) is 0 Å². The highest BCUT2D eigenvalue weighted by molar-refractivity contribution is 6.30. The molecule has 0 amide bonds. The smallest absolute Gasteiger partial charge is 0.429 e. The molecule has 6 rings (SSSR count). The molecule has 4 N–H and O–H groups in total. The van der Waals surface area contributed by atoms with Crippen LogP contribution in [-0.2, 0) is 4.79 Å². The molecule has 1 spiro atoms. The quantitative estimate of drug-likeness (QED) is 0.196. The van der Waals surface area contributed by atoms with Gasteiger partial charge in [0.25, 0.3) is 0 Å². The largest absolute Gasteiger partial charge is 0.480 e. The number of nitrogen functional groups attached to an aromatic ring is 1. The summed E-state index contributed by atoms with van der Waals surface area (Å²) in [6, 6.07) is 14.1. The second kappa shape index (κ2) is 12.7. The van der Waals surface area contributed by atoms with Gasteiger partial charge in [0.1, 0.15) is 11.9 Å². The van der Waals surface area contributed by atoms with E-state index in [9.17, 15) is 23.1 Å². The number of hydrogen-bond donors (Lipinski definition) is 3. The number of piperidine rings is 1. The molecular formula is C33H35ClF3N7O3. The van der Waals surface area contributed by atoms with Crippen molar-refractivity contribution in [2.24, 2.45) is 5.41 Å². The normalized spacial score (nSPS) is 20.0. The van der Waals surface area contributed by atoms with Gasteiger partial charge in [-0.05, 0) is 79.5 Å². The standard InChI is InChI=1S/C33H35ClF3N7O3/c1-3-26-32(18-24(39-26)30(45)46)11-14-43(15-12-32)27-17-28(41-31(38)40-27)47-29(33(35,36)37)23-16-21(20-4-7-22(34)8-5-20)6-9-25(23)44-13-10-19(2)42-44/h4-10,13,16-17,24,26,29,39H,3,11-12,14-15,18H2,1-2H3,(H,45,46)(H2,38,40,41)/t24?,26?,29-/m1/s1. The Kier molecular flexibility index (Phi) is 8.79. The Hall–Kier alpha value is -4.36.